The smallest absolute Gasteiger partial charge is 0.302 e. The minimum absolute atomic E-state index is 0.0886. The van der Waals surface area contributed by atoms with Gasteiger partial charge in [-0.05, 0) is 6.92 Å². The highest BCUT2D eigenvalue weighted by molar-refractivity contribution is 5.65. The average molecular weight is 161 g/mol. The molecule has 0 heterocycles. The molecule has 0 radical (unpaired) electrons. The summed E-state index contributed by atoms with van der Waals surface area (Å²) in [5.41, 5.74) is 5.57. The molecule has 11 heavy (non-hydrogen) atoms. The van der Waals surface area contributed by atoms with Crippen LogP contribution in [0.5, 0.6) is 0 Å². The van der Waals surface area contributed by atoms with Crippen LogP contribution < -0.4 is 5.73 Å². The number of rotatable bonds is 4. The van der Waals surface area contributed by atoms with E-state index < -0.39 is 0 Å². The number of carbonyl (C=O) groups is 1. The van der Waals surface area contributed by atoms with Crippen molar-refractivity contribution in [2.45, 2.75) is 26.0 Å². The highest BCUT2D eigenvalue weighted by atomic mass is 16.5. The molecule has 0 aromatic rings. The Morgan fingerprint density at radius 3 is 2.55 bits per heavy atom. The van der Waals surface area contributed by atoms with E-state index in [2.05, 4.69) is 4.74 Å². The summed E-state index contributed by atoms with van der Waals surface area (Å²) in [4.78, 5) is 10.3. The van der Waals surface area contributed by atoms with Crippen molar-refractivity contribution in [3.63, 3.8) is 0 Å². The zero-order valence-corrected chi connectivity index (χ0v) is 7.16. The Kier molecular flexibility index (Phi) is 4.81. The molecule has 0 bridgehead atoms. The van der Waals surface area contributed by atoms with Crippen molar-refractivity contribution >= 4 is 5.97 Å². The van der Waals surface area contributed by atoms with Crippen LogP contribution in [0.15, 0.2) is 0 Å². The number of esters is 1. The Morgan fingerprint density at radius 2 is 2.18 bits per heavy atom. The maximum atomic E-state index is 10.3. The lowest BCUT2D eigenvalue weighted by molar-refractivity contribution is -0.142. The number of carbonyl (C=O) groups excluding carboxylic acids is 1. The molecule has 0 aliphatic heterocycles. The third kappa shape index (κ3) is 4.75. The summed E-state index contributed by atoms with van der Waals surface area (Å²) in [6, 6.07) is -0.246. The number of ether oxygens (including phenoxy) is 2. The van der Waals surface area contributed by atoms with Crippen molar-refractivity contribution in [2.75, 3.05) is 13.7 Å². The van der Waals surface area contributed by atoms with Crippen molar-refractivity contribution in [1.82, 2.24) is 0 Å². The van der Waals surface area contributed by atoms with Crippen molar-refractivity contribution in [2.24, 2.45) is 5.73 Å². The van der Waals surface area contributed by atoms with E-state index in [1.165, 1.54) is 6.92 Å². The zero-order valence-electron chi connectivity index (χ0n) is 7.16. The van der Waals surface area contributed by atoms with Gasteiger partial charge in [0, 0.05) is 14.0 Å². The number of nitrogens with two attached hydrogens (primary N) is 1. The fourth-order valence-electron chi connectivity index (χ4n) is 0.524. The van der Waals surface area contributed by atoms with Gasteiger partial charge in [-0.25, -0.2) is 0 Å². The van der Waals surface area contributed by atoms with Crippen LogP contribution in [-0.2, 0) is 14.3 Å². The second kappa shape index (κ2) is 5.09. The molecule has 0 rings (SSSR count). The third-order valence-electron chi connectivity index (χ3n) is 1.45. The minimum atomic E-state index is -0.316. The van der Waals surface area contributed by atoms with E-state index in [0.717, 1.165) is 0 Å². The highest BCUT2D eigenvalue weighted by Crippen LogP contribution is 1.94. The first-order valence-electron chi connectivity index (χ1n) is 3.49. The Morgan fingerprint density at radius 1 is 1.64 bits per heavy atom. The van der Waals surface area contributed by atoms with Crippen LogP contribution in [0.4, 0.5) is 0 Å². The first-order chi connectivity index (χ1) is 5.07. The van der Waals surface area contributed by atoms with E-state index in [1.807, 2.05) is 6.92 Å². The van der Waals surface area contributed by atoms with Gasteiger partial charge in [0.1, 0.15) is 6.61 Å². The van der Waals surface area contributed by atoms with E-state index in [0.29, 0.717) is 0 Å². The molecule has 0 aliphatic carbocycles. The predicted molar refractivity (Wildman–Crippen MR) is 41.1 cm³/mol. The fraction of sp³-hybridized carbons (Fsp3) is 0.857. The standard InChI is InChI=1S/C7H15NO3/c1-5(10-3)7(8)4-11-6(2)9/h5,7H,4,8H2,1-3H3. The van der Waals surface area contributed by atoms with Gasteiger partial charge in [-0.1, -0.05) is 0 Å². The summed E-state index contributed by atoms with van der Waals surface area (Å²) in [7, 11) is 1.57. The van der Waals surface area contributed by atoms with E-state index in [9.17, 15) is 4.79 Å². The summed E-state index contributed by atoms with van der Waals surface area (Å²) in [5.74, 6) is -0.316. The zero-order chi connectivity index (χ0) is 8.85. The van der Waals surface area contributed by atoms with Gasteiger partial charge in [0.25, 0.3) is 0 Å². The van der Waals surface area contributed by atoms with E-state index in [-0.39, 0.29) is 24.7 Å². The van der Waals surface area contributed by atoms with Gasteiger partial charge in [-0.3, -0.25) is 4.79 Å². The maximum Gasteiger partial charge on any atom is 0.302 e. The second-order valence-electron chi connectivity index (χ2n) is 2.41. The molecule has 0 spiro atoms. The molecular weight excluding hydrogens is 146 g/mol. The quantitative estimate of drug-likeness (QED) is 0.585. The number of hydrogen-bond donors (Lipinski definition) is 1. The van der Waals surface area contributed by atoms with Gasteiger partial charge < -0.3 is 15.2 Å². The lowest BCUT2D eigenvalue weighted by atomic mass is 10.2. The topological polar surface area (TPSA) is 61.6 Å². The van der Waals surface area contributed by atoms with E-state index >= 15 is 0 Å². The maximum absolute atomic E-state index is 10.3. The Bertz CT molecular complexity index is 127. The largest absolute Gasteiger partial charge is 0.464 e. The monoisotopic (exact) mass is 161 g/mol. The van der Waals surface area contributed by atoms with Crippen LogP contribution >= 0.6 is 0 Å². The lowest BCUT2D eigenvalue weighted by Crippen LogP contribution is -2.38. The van der Waals surface area contributed by atoms with Crippen molar-refractivity contribution in [3.05, 3.63) is 0 Å². The molecule has 0 saturated heterocycles. The molecule has 0 fully saturated rings. The van der Waals surface area contributed by atoms with Gasteiger partial charge in [-0.2, -0.15) is 0 Å². The SMILES string of the molecule is COC(C)C(N)COC(C)=O. The van der Waals surface area contributed by atoms with Crippen LogP contribution in [0.1, 0.15) is 13.8 Å². The first-order valence-corrected chi connectivity index (χ1v) is 3.49. The molecular formula is C7H15NO3. The minimum Gasteiger partial charge on any atom is -0.464 e. The normalized spacial score (nSPS) is 15.6. The third-order valence-corrected chi connectivity index (χ3v) is 1.45. The lowest BCUT2D eigenvalue weighted by Gasteiger charge is -2.17. The Hall–Kier alpha value is -0.610. The van der Waals surface area contributed by atoms with Gasteiger partial charge in [0.2, 0.25) is 0 Å². The Labute approximate surface area is 66.7 Å². The fourth-order valence-corrected chi connectivity index (χ4v) is 0.524. The van der Waals surface area contributed by atoms with Crippen molar-refractivity contribution < 1.29 is 14.3 Å². The van der Waals surface area contributed by atoms with Crippen LogP contribution in [0.3, 0.4) is 0 Å². The molecule has 0 saturated carbocycles. The van der Waals surface area contributed by atoms with Gasteiger partial charge >= 0.3 is 5.97 Å². The molecule has 2 unspecified atom stereocenters. The molecule has 4 heteroatoms. The van der Waals surface area contributed by atoms with Gasteiger partial charge in [0.15, 0.2) is 0 Å². The van der Waals surface area contributed by atoms with Crippen LogP contribution in [0.25, 0.3) is 0 Å². The molecule has 2 atom stereocenters. The van der Waals surface area contributed by atoms with Crippen molar-refractivity contribution in [1.29, 1.82) is 0 Å². The number of hydrogen-bond acceptors (Lipinski definition) is 4. The summed E-state index contributed by atoms with van der Waals surface area (Å²) >= 11 is 0. The molecule has 66 valence electrons. The van der Waals surface area contributed by atoms with Crippen LogP contribution in [0, 0.1) is 0 Å². The molecule has 0 aromatic heterocycles. The summed E-state index contributed by atoms with van der Waals surface area (Å²) in [6.45, 7) is 3.39. The first kappa shape index (κ1) is 10.4. The van der Waals surface area contributed by atoms with E-state index in [1.54, 1.807) is 7.11 Å². The van der Waals surface area contributed by atoms with Crippen LogP contribution in [-0.4, -0.2) is 31.8 Å². The number of methoxy groups -OCH3 is 1. The average Bonchev–Trinajstić information content (AvgIpc) is 1.98. The highest BCUT2D eigenvalue weighted by Gasteiger charge is 2.12. The molecule has 0 aliphatic rings. The molecule has 2 N–H and O–H groups in total. The van der Waals surface area contributed by atoms with Gasteiger partial charge in [-0.15, -0.1) is 0 Å². The second-order valence-corrected chi connectivity index (χ2v) is 2.41. The van der Waals surface area contributed by atoms with Crippen molar-refractivity contribution in [3.8, 4) is 0 Å². The predicted octanol–water partition coefficient (Wildman–Crippen LogP) is -0.0883. The molecule has 0 aromatic carbocycles. The molecule has 0 amide bonds. The summed E-state index contributed by atoms with van der Waals surface area (Å²) < 4.78 is 9.61. The van der Waals surface area contributed by atoms with E-state index in [4.69, 9.17) is 10.5 Å². The Balaban J connectivity index is 3.51. The van der Waals surface area contributed by atoms with Crippen LogP contribution in [0.2, 0.25) is 0 Å². The summed E-state index contributed by atoms with van der Waals surface area (Å²) in [6.07, 6.45) is -0.0886. The molecule has 4 nitrogen and oxygen atoms in total. The summed E-state index contributed by atoms with van der Waals surface area (Å²) in [5, 5.41) is 0. The van der Waals surface area contributed by atoms with Gasteiger partial charge in [0.05, 0.1) is 12.1 Å².